The predicted octanol–water partition coefficient (Wildman–Crippen LogP) is 4.54. The third kappa shape index (κ3) is 5.70. The number of para-hydroxylation sites is 1. The van der Waals surface area contributed by atoms with Gasteiger partial charge in [0.2, 0.25) is 5.91 Å². The average molecular weight is 508 g/mol. The number of likely N-dealkylation sites (tertiary alicyclic amines) is 1. The molecular weight excluding hydrogens is 473 g/mol. The topological polar surface area (TPSA) is 85.0 Å². The smallest absolute Gasteiger partial charge is 0.322 e. The molecule has 2 aliphatic heterocycles. The molecule has 2 heterocycles. The van der Waals surface area contributed by atoms with E-state index >= 15 is 0 Å². The lowest BCUT2D eigenvalue weighted by Crippen LogP contribution is -2.50. The van der Waals surface area contributed by atoms with E-state index in [1.54, 1.807) is 23.1 Å². The summed E-state index contributed by atoms with van der Waals surface area (Å²) < 4.78 is 13.9. The number of benzene rings is 2. The van der Waals surface area contributed by atoms with Crippen molar-refractivity contribution in [2.75, 3.05) is 54.8 Å². The van der Waals surface area contributed by atoms with Gasteiger partial charge in [-0.25, -0.2) is 9.18 Å². The molecule has 196 valence electrons. The largest absolute Gasteiger partial charge is 0.367 e. The molecule has 0 aromatic heterocycles. The first-order valence-corrected chi connectivity index (χ1v) is 13.3. The van der Waals surface area contributed by atoms with E-state index in [0.29, 0.717) is 37.4 Å². The van der Waals surface area contributed by atoms with Crippen LogP contribution in [0.2, 0.25) is 0 Å². The molecule has 0 atom stereocenters. The number of urea groups is 1. The Hall–Kier alpha value is -3.62. The minimum atomic E-state index is -0.472. The van der Waals surface area contributed by atoms with Crippen molar-refractivity contribution < 1.29 is 18.8 Å². The van der Waals surface area contributed by atoms with Crippen LogP contribution in [0.4, 0.5) is 26.2 Å². The van der Waals surface area contributed by atoms with E-state index < -0.39 is 5.82 Å². The number of rotatable bonds is 5. The van der Waals surface area contributed by atoms with Crippen LogP contribution in [0.25, 0.3) is 0 Å². The van der Waals surface area contributed by atoms with Gasteiger partial charge in [0, 0.05) is 56.6 Å². The Morgan fingerprint density at radius 1 is 0.784 bits per heavy atom. The number of carbonyl (C=O) groups excluding carboxylic acids is 3. The molecule has 0 unspecified atom stereocenters. The van der Waals surface area contributed by atoms with Crippen LogP contribution < -0.4 is 15.5 Å². The maximum atomic E-state index is 13.9. The van der Waals surface area contributed by atoms with Crippen molar-refractivity contribution in [3.05, 3.63) is 53.8 Å². The molecule has 1 saturated carbocycles. The van der Waals surface area contributed by atoms with Crippen LogP contribution in [-0.4, -0.2) is 66.9 Å². The molecule has 5 rings (SSSR count). The van der Waals surface area contributed by atoms with E-state index in [2.05, 4.69) is 15.5 Å². The van der Waals surface area contributed by atoms with Gasteiger partial charge >= 0.3 is 6.03 Å². The van der Waals surface area contributed by atoms with Crippen molar-refractivity contribution in [3.8, 4) is 0 Å². The van der Waals surface area contributed by atoms with E-state index in [-0.39, 0.29) is 29.5 Å². The van der Waals surface area contributed by atoms with E-state index in [9.17, 15) is 18.8 Å². The Morgan fingerprint density at radius 2 is 1.51 bits per heavy atom. The Balaban J connectivity index is 1.30. The summed E-state index contributed by atoms with van der Waals surface area (Å²) in [5, 5.41) is 5.65. The number of halogens is 1. The molecule has 4 amide bonds. The Labute approximate surface area is 216 Å². The number of anilines is 3. The minimum Gasteiger partial charge on any atom is -0.367 e. The molecule has 2 saturated heterocycles. The molecule has 0 bridgehead atoms. The van der Waals surface area contributed by atoms with E-state index in [1.807, 2.05) is 17.0 Å². The SMILES string of the molecule is O=C(Nc1ccc(N2CCN(C(=O)Nc3ccccc3F)CC2)c(C(=O)N2CCCCC2)c1)C1CCC1. The van der Waals surface area contributed by atoms with Gasteiger partial charge in [0.05, 0.1) is 11.3 Å². The summed E-state index contributed by atoms with van der Waals surface area (Å²) in [5.41, 5.74) is 2.19. The highest BCUT2D eigenvalue weighted by molar-refractivity contribution is 6.02. The molecule has 2 aromatic rings. The second-order valence-corrected chi connectivity index (χ2v) is 10.1. The third-order valence-electron chi connectivity index (χ3n) is 7.64. The standard InChI is InChI=1S/C28H34FN5O3/c29-23-9-2-3-10-24(23)31-28(37)34-17-15-32(16-18-34)25-12-11-21(30-26(35)20-7-6-8-20)19-22(25)27(36)33-13-4-1-5-14-33/h2-3,9-12,19-20H,1,4-8,13-18H2,(H,30,35)(H,31,37). The third-order valence-corrected chi connectivity index (χ3v) is 7.64. The molecule has 37 heavy (non-hydrogen) atoms. The summed E-state index contributed by atoms with van der Waals surface area (Å²) >= 11 is 0. The molecule has 3 fully saturated rings. The Kier molecular flexibility index (Phi) is 7.58. The van der Waals surface area contributed by atoms with E-state index in [4.69, 9.17) is 0 Å². The van der Waals surface area contributed by atoms with Crippen LogP contribution in [0.3, 0.4) is 0 Å². The van der Waals surface area contributed by atoms with E-state index in [0.717, 1.165) is 57.3 Å². The molecule has 1 aliphatic carbocycles. The number of amides is 4. The highest BCUT2D eigenvalue weighted by Gasteiger charge is 2.29. The summed E-state index contributed by atoms with van der Waals surface area (Å²) in [6.07, 6.45) is 6.03. The van der Waals surface area contributed by atoms with Gasteiger partial charge < -0.3 is 25.3 Å². The monoisotopic (exact) mass is 507 g/mol. The van der Waals surface area contributed by atoms with Crippen LogP contribution in [0, 0.1) is 11.7 Å². The van der Waals surface area contributed by atoms with Crippen LogP contribution in [0.15, 0.2) is 42.5 Å². The van der Waals surface area contributed by atoms with Crippen LogP contribution in [-0.2, 0) is 4.79 Å². The zero-order valence-electron chi connectivity index (χ0n) is 21.0. The summed E-state index contributed by atoms with van der Waals surface area (Å²) in [6, 6.07) is 11.3. The van der Waals surface area contributed by atoms with Crippen LogP contribution in [0.1, 0.15) is 48.9 Å². The first kappa shape index (κ1) is 25.0. The van der Waals surface area contributed by atoms with Gasteiger partial charge in [0.1, 0.15) is 5.82 Å². The van der Waals surface area contributed by atoms with Gasteiger partial charge in [-0.1, -0.05) is 18.6 Å². The Bertz CT molecular complexity index is 1150. The summed E-state index contributed by atoms with van der Waals surface area (Å²) in [7, 11) is 0. The normalized spacial score (nSPS) is 18.2. The quantitative estimate of drug-likeness (QED) is 0.622. The van der Waals surface area contributed by atoms with E-state index in [1.165, 1.54) is 12.1 Å². The van der Waals surface area contributed by atoms with Gasteiger partial charge in [0.15, 0.2) is 0 Å². The molecule has 2 N–H and O–H groups in total. The Morgan fingerprint density at radius 3 is 2.19 bits per heavy atom. The predicted molar refractivity (Wildman–Crippen MR) is 141 cm³/mol. The number of hydrogen-bond donors (Lipinski definition) is 2. The highest BCUT2D eigenvalue weighted by Crippen LogP contribution is 2.31. The number of carbonyl (C=O) groups is 3. The maximum Gasteiger partial charge on any atom is 0.322 e. The number of nitrogens with zero attached hydrogens (tertiary/aromatic N) is 3. The van der Waals surface area contributed by atoms with Crippen LogP contribution >= 0.6 is 0 Å². The summed E-state index contributed by atoms with van der Waals surface area (Å²) in [5.74, 6) is -0.414. The van der Waals surface area contributed by atoms with Gasteiger partial charge in [-0.15, -0.1) is 0 Å². The number of piperazine rings is 1. The lowest BCUT2D eigenvalue weighted by Gasteiger charge is -2.37. The van der Waals surface area contributed by atoms with Gasteiger partial charge in [-0.3, -0.25) is 9.59 Å². The zero-order chi connectivity index (χ0) is 25.8. The first-order valence-electron chi connectivity index (χ1n) is 13.3. The molecule has 0 spiro atoms. The van der Waals surface area contributed by atoms with Crippen molar-refractivity contribution in [2.24, 2.45) is 5.92 Å². The lowest BCUT2D eigenvalue weighted by atomic mass is 9.85. The summed E-state index contributed by atoms with van der Waals surface area (Å²) in [6.45, 7) is 3.44. The summed E-state index contributed by atoms with van der Waals surface area (Å²) in [4.78, 5) is 44.5. The van der Waals surface area contributed by atoms with Crippen molar-refractivity contribution in [1.29, 1.82) is 0 Å². The van der Waals surface area contributed by atoms with Crippen molar-refractivity contribution in [1.82, 2.24) is 9.80 Å². The maximum absolute atomic E-state index is 13.9. The van der Waals surface area contributed by atoms with Gasteiger partial charge in [-0.05, 0) is 62.4 Å². The molecule has 8 nitrogen and oxygen atoms in total. The second-order valence-electron chi connectivity index (χ2n) is 10.1. The van der Waals surface area contributed by atoms with Crippen molar-refractivity contribution in [3.63, 3.8) is 0 Å². The van der Waals surface area contributed by atoms with Gasteiger partial charge in [-0.2, -0.15) is 0 Å². The molecule has 3 aliphatic rings. The fourth-order valence-electron chi connectivity index (χ4n) is 5.15. The fourth-order valence-corrected chi connectivity index (χ4v) is 5.15. The van der Waals surface area contributed by atoms with Crippen LogP contribution in [0.5, 0.6) is 0 Å². The first-order chi connectivity index (χ1) is 18.0. The molecular formula is C28H34FN5O3. The van der Waals surface area contributed by atoms with Crippen molar-refractivity contribution >= 4 is 34.9 Å². The molecule has 0 radical (unpaired) electrons. The second kappa shape index (κ2) is 11.2. The lowest BCUT2D eigenvalue weighted by molar-refractivity contribution is -0.122. The zero-order valence-corrected chi connectivity index (χ0v) is 21.0. The number of nitrogens with one attached hydrogen (secondary N) is 2. The fraction of sp³-hybridized carbons (Fsp3) is 0.464. The average Bonchev–Trinajstić information content (AvgIpc) is 2.89. The number of hydrogen-bond acceptors (Lipinski definition) is 4. The van der Waals surface area contributed by atoms with Crippen molar-refractivity contribution in [2.45, 2.75) is 38.5 Å². The molecule has 2 aromatic carbocycles. The minimum absolute atomic E-state index is 0.0184. The number of piperidine rings is 1. The molecule has 9 heteroatoms. The highest BCUT2D eigenvalue weighted by atomic mass is 19.1. The van der Waals surface area contributed by atoms with Gasteiger partial charge in [0.25, 0.3) is 5.91 Å².